The van der Waals surface area contributed by atoms with Gasteiger partial charge in [0, 0.05) is 12.1 Å². The van der Waals surface area contributed by atoms with E-state index in [1.165, 1.54) is 11.1 Å². The molecular weight excluding hydrogens is 253 g/mol. The van der Waals surface area contributed by atoms with Gasteiger partial charge in [-0.25, -0.2) is 8.78 Å². The SMILES string of the molecule is Fc1cc(F)c(NC2Cc3ccccc3C2)nc1F. The van der Waals surface area contributed by atoms with E-state index in [-0.39, 0.29) is 11.9 Å². The molecular formula is C14H11F3N2. The number of anilines is 1. The van der Waals surface area contributed by atoms with Gasteiger partial charge in [-0.3, -0.25) is 0 Å². The third-order valence-electron chi connectivity index (χ3n) is 3.28. The van der Waals surface area contributed by atoms with Crippen molar-refractivity contribution < 1.29 is 13.2 Å². The van der Waals surface area contributed by atoms with Gasteiger partial charge in [-0.15, -0.1) is 0 Å². The average molecular weight is 264 g/mol. The summed E-state index contributed by atoms with van der Waals surface area (Å²) in [7, 11) is 0. The Morgan fingerprint density at radius 1 is 1.00 bits per heavy atom. The van der Waals surface area contributed by atoms with Gasteiger partial charge >= 0.3 is 0 Å². The Balaban J connectivity index is 1.79. The molecule has 0 amide bonds. The van der Waals surface area contributed by atoms with E-state index in [9.17, 15) is 13.2 Å². The molecule has 1 aliphatic rings. The molecule has 1 aromatic heterocycles. The highest BCUT2D eigenvalue weighted by molar-refractivity contribution is 5.42. The molecule has 3 rings (SSSR count). The first-order valence-electron chi connectivity index (χ1n) is 5.98. The van der Waals surface area contributed by atoms with Crippen LogP contribution in [0.3, 0.4) is 0 Å². The lowest BCUT2D eigenvalue weighted by Gasteiger charge is -2.13. The van der Waals surface area contributed by atoms with Gasteiger partial charge in [-0.1, -0.05) is 24.3 Å². The predicted molar refractivity (Wildman–Crippen MR) is 65.4 cm³/mol. The minimum absolute atomic E-state index is 0.0516. The molecule has 1 aliphatic carbocycles. The number of aromatic nitrogens is 1. The Morgan fingerprint density at radius 3 is 2.26 bits per heavy atom. The lowest BCUT2D eigenvalue weighted by atomic mass is 10.1. The van der Waals surface area contributed by atoms with Crippen LogP contribution in [0.15, 0.2) is 30.3 Å². The molecule has 0 aliphatic heterocycles. The zero-order valence-electron chi connectivity index (χ0n) is 9.96. The Bertz CT molecular complexity index is 603. The highest BCUT2D eigenvalue weighted by Crippen LogP contribution is 2.25. The van der Waals surface area contributed by atoms with Crippen LogP contribution in [-0.2, 0) is 12.8 Å². The summed E-state index contributed by atoms with van der Waals surface area (Å²) in [5, 5.41) is 2.83. The van der Waals surface area contributed by atoms with E-state index in [4.69, 9.17) is 0 Å². The van der Waals surface area contributed by atoms with Crippen molar-refractivity contribution in [3.63, 3.8) is 0 Å². The van der Waals surface area contributed by atoms with E-state index in [2.05, 4.69) is 10.3 Å². The third kappa shape index (κ3) is 2.28. The zero-order chi connectivity index (χ0) is 13.4. The number of halogens is 3. The molecule has 1 heterocycles. The summed E-state index contributed by atoms with van der Waals surface area (Å²) in [5.41, 5.74) is 2.37. The van der Waals surface area contributed by atoms with Crippen molar-refractivity contribution in [1.29, 1.82) is 0 Å². The minimum Gasteiger partial charge on any atom is -0.364 e. The van der Waals surface area contributed by atoms with Gasteiger partial charge in [-0.05, 0) is 24.0 Å². The zero-order valence-corrected chi connectivity index (χ0v) is 9.96. The van der Waals surface area contributed by atoms with Gasteiger partial charge in [0.2, 0.25) is 0 Å². The number of nitrogens with zero attached hydrogens (tertiary/aromatic N) is 1. The summed E-state index contributed by atoms with van der Waals surface area (Å²) in [6.07, 6.45) is 1.44. The van der Waals surface area contributed by atoms with E-state index in [0.29, 0.717) is 6.07 Å². The summed E-state index contributed by atoms with van der Waals surface area (Å²) in [6, 6.07) is 8.35. The third-order valence-corrected chi connectivity index (χ3v) is 3.28. The van der Waals surface area contributed by atoms with Crippen LogP contribution in [0, 0.1) is 17.6 Å². The van der Waals surface area contributed by atoms with Crippen LogP contribution in [0.2, 0.25) is 0 Å². The van der Waals surface area contributed by atoms with Gasteiger partial charge in [0.25, 0.3) is 5.95 Å². The minimum atomic E-state index is -1.29. The quantitative estimate of drug-likeness (QED) is 0.843. The van der Waals surface area contributed by atoms with Crippen LogP contribution in [0.4, 0.5) is 19.0 Å². The van der Waals surface area contributed by atoms with Crippen molar-refractivity contribution in [1.82, 2.24) is 4.98 Å². The Hall–Kier alpha value is -2.04. The molecule has 1 aromatic carbocycles. The highest BCUT2D eigenvalue weighted by Gasteiger charge is 2.22. The molecule has 5 heteroatoms. The maximum atomic E-state index is 13.5. The fraction of sp³-hybridized carbons (Fsp3) is 0.214. The highest BCUT2D eigenvalue weighted by atomic mass is 19.2. The second-order valence-corrected chi connectivity index (χ2v) is 4.61. The standard InChI is InChI=1S/C14H11F3N2/c15-11-7-12(16)14(19-13(11)17)18-10-5-8-3-1-2-4-9(8)6-10/h1-4,7,10H,5-6H2,(H,18,19). The van der Waals surface area contributed by atoms with Crippen molar-refractivity contribution in [3.8, 4) is 0 Å². The molecule has 0 fully saturated rings. The lowest BCUT2D eigenvalue weighted by molar-refractivity contribution is 0.465. The maximum Gasteiger partial charge on any atom is 0.251 e. The van der Waals surface area contributed by atoms with Crippen molar-refractivity contribution in [2.24, 2.45) is 0 Å². The first kappa shape index (κ1) is 12.0. The fourth-order valence-electron chi connectivity index (χ4n) is 2.40. The molecule has 0 saturated heterocycles. The monoisotopic (exact) mass is 264 g/mol. The first-order chi connectivity index (χ1) is 9.13. The molecule has 0 atom stereocenters. The summed E-state index contributed by atoms with van der Waals surface area (Å²) in [6.45, 7) is 0. The van der Waals surface area contributed by atoms with E-state index in [1.54, 1.807) is 0 Å². The number of rotatable bonds is 2. The van der Waals surface area contributed by atoms with Gasteiger partial charge in [-0.2, -0.15) is 9.37 Å². The molecule has 2 nitrogen and oxygen atoms in total. The van der Waals surface area contributed by atoms with Gasteiger partial charge < -0.3 is 5.32 Å². The van der Waals surface area contributed by atoms with E-state index in [0.717, 1.165) is 12.8 Å². The lowest BCUT2D eigenvalue weighted by Crippen LogP contribution is -2.21. The topological polar surface area (TPSA) is 24.9 Å². The van der Waals surface area contributed by atoms with E-state index >= 15 is 0 Å². The summed E-state index contributed by atoms with van der Waals surface area (Å²) >= 11 is 0. The first-order valence-corrected chi connectivity index (χ1v) is 5.98. The number of nitrogens with one attached hydrogen (secondary N) is 1. The summed E-state index contributed by atoms with van der Waals surface area (Å²) in [5.74, 6) is -3.69. The summed E-state index contributed by atoms with van der Waals surface area (Å²) < 4.78 is 39.3. The number of fused-ring (bicyclic) bond motifs is 1. The van der Waals surface area contributed by atoms with Crippen LogP contribution in [0.1, 0.15) is 11.1 Å². The largest absolute Gasteiger partial charge is 0.364 e. The molecule has 19 heavy (non-hydrogen) atoms. The summed E-state index contributed by atoms with van der Waals surface area (Å²) in [4.78, 5) is 3.27. The van der Waals surface area contributed by atoms with Crippen LogP contribution in [0.25, 0.3) is 0 Å². The number of hydrogen-bond acceptors (Lipinski definition) is 2. The van der Waals surface area contributed by atoms with Crippen molar-refractivity contribution in [3.05, 3.63) is 59.0 Å². The van der Waals surface area contributed by atoms with E-state index < -0.39 is 17.6 Å². The Labute approximate surface area is 108 Å². The molecule has 0 unspecified atom stereocenters. The normalized spacial score (nSPS) is 14.5. The number of hydrogen-bond donors (Lipinski definition) is 1. The molecule has 0 saturated carbocycles. The fourth-order valence-corrected chi connectivity index (χ4v) is 2.40. The van der Waals surface area contributed by atoms with Gasteiger partial charge in [0.05, 0.1) is 0 Å². The second-order valence-electron chi connectivity index (χ2n) is 4.61. The van der Waals surface area contributed by atoms with Crippen LogP contribution in [0.5, 0.6) is 0 Å². The molecule has 0 spiro atoms. The Kier molecular flexibility index (Phi) is 2.89. The maximum absolute atomic E-state index is 13.5. The predicted octanol–water partition coefficient (Wildman–Crippen LogP) is 3.08. The molecule has 98 valence electrons. The van der Waals surface area contributed by atoms with E-state index in [1.807, 2.05) is 24.3 Å². The van der Waals surface area contributed by atoms with Crippen LogP contribution >= 0.6 is 0 Å². The number of benzene rings is 1. The van der Waals surface area contributed by atoms with Gasteiger partial charge in [0.1, 0.15) is 0 Å². The molecule has 0 bridgehead atoms. The second kappa shape index (κ2) is 4.57. The van der Waals surface area contributed by atoms with Crippen LogP contribution in [-0.4, -0.2) is 11.0 Å². The molecule has 1 N–H and O–H groups in total. The average Bonchev–Trinajstić information content (AvgIpc) is 2.78. The van der Waals surface area contributed by atoms with Crippen molar-refractivity contribution >= 4 is 5.82 Å². The van der Waals surface area contributed by atoms with Crippen molar-refractivity contribution in [2.45, 2.75) is 18.9 Å². The van der Waals surface area contributed by atoms with Crippen molar-refractivity contribution in [2.75, 3.05) is 5.32 Å². The van der Waals surface area contributed by atoms with Crippen LogP contribution < -0.4 is 5.32 Å². The number of pyridine rings is 1. The van der Waals surface area contributed by atoms with Gasteiger partial charge in [0.15, 0.2) is 17.5 Å². The molecule has 0 radical (unpaired) electrons. The Morgan fingerprint density at radius 2 is 1.63 bits per heavy atom. The molecule has 2 aromatic rings. The smallest absolute Gasteiger partial charge is 0.251 e.